The average molecular weight is 337 g/mol. The monoisotopic (exact) mass is 337 g/mol. The van der Waals surface area contributed by atoms with Gasteiger partial charge in [-0.25, -0.2) is 0 Å². The molecule has 0 saturated heterocycles. The molecule has 0 saturated carbocycles. The van der Waals surface area contributed by atoms with E-state index in [0.29, 0.717) is 5.69 Å². The molecule has 124 valence electrons. The summed E-state index contributed by atoms with van der Waals surface area (Å²) in [6.07, 6.45) is -0.555. The second-order valence-electron chi connectivity index (χ2n) is 4.96. The molecule has 0 fully saturated rings. The summed E-state index contributed by atoms with van der Waals surface area (Å²) in [5, 5.41) is 2.54. The molecule has 0 aliphatic carbocycles. The van der Waals surface area contributed by atoms with Gasteiger partial charge in [-0.1, -0.05) is 0 Å². The van der Waals surface area contributed by atoms with Crippen LogP contribution in [0.3, 0.4) is 0 Å². The number of ether oxygens (including phenoxy) is 1. The maximum Gasteiger partial charge on any atom is 0.573 e. The number of aromatic nitrogens is 1. The Kier molecular flexibility index (Phi) is 3.55. The molecule has 0 atom stereocenters. The van der Waals surface area contributed by atoms with Crippen LogP contribution in [0.25, 0.3) is 11.8 Å². The van der Waals surface area contributed by atoms with Crippen molar-refractivity contribution in [3.05, 3.63) is 47.8 Å². The molecule has 0 radical (unpaired) electrons. The van der Waals surface area contributed by atoms with E-state index in [-0.39, 0.29) is 16.7 Å². The zero-order chi connectivity index (χ0) is 17.5. The SMILES string of the molecule is NC(=O)c1ccn(/C=C2\C(=O)Nc3ccc(OC(F)(F)F)cc32)c1. The van der Waals surface area contributed by atoms with Crippen LogP contribution in [0.15, 0.2) is 36.7 Å². The van der Waals surface area contributed by atoms with Gasteiger partial charge in [0.15, 0.2) is 0 Å². The second kappa shape index (κ2) is 5.44. The average Bonchev–Trinajstić information content (AvgIpc) is 3.04. The van der Waals surface area contributed by atoms with E-state index < -0.39 is 23.9 Å². The van der Waals surface area contributed by atoms with Gasteiger partial charge in [0.05, 0.1) is 11.1 Å². The van der Waals surface area contributed by atoms with Gasteiger partial charge in [0, 0.05) is 29.8 Å². The lowest BCUT2D eigenvalue weighted by molar-refractivity contribution is -0.274. The normalized spacial score (nSPS) is 15.3. The lowest BCUT2D eigenvalue weighted by Crippen LogP contribution is -2.17. The number of nitrogens with two attached hydrogens (primary N) is 1. The van der Waals surface area contributed by atoms with Gasteiger partial charge in [-0.2, -0.15) is 0 Å². The number of fused-ring (bicyclic) bond motifs is 1. The summed E-state index contributed by atoms with van der Waals surface area (Å²) in [6, 6.07) is 5.00. The van der Waals surface area contributed by atoms with Crippen LogP contribution < -0.4 is 15.8 Å². The van der Waals surface area contributed by atoms with E-state index in [2.05, 4.69) is 10.1 Å². The first kappa shape index (κ1) is 15.7. The molecule has 6 nitrogen and oxygen atoms in total. The van der Waals surface area contributed by atoms with E-state index in [1.807, 2.05) is 0 Å². The summed E-state index contributed by atoms with van der Waals surface area (Å²) in [4.78, 5) is 23.1. The molecular weight excluding hydrogens is 327 g/mol. The quantitative estimate of drug-likeness (QED) is 0.844. The van der Waals surface area contributed by atoms with Crippen molar-refractivity contribution >= 4 is 29.3 Å². The van der Waals surface area contributed by atoms with Crippen LogP contribution in [0, 0.1) is 0 Å². The fourth-order valence-corrected chi connectivity index (χ4v) is 2.28. The van der Waals surface area contributed by atoms with Crippen LogP contribution in [-0.4, -0.2) is 22.7 Å². The summed E-state index contributed by atoms with van der Waals surface area (Å²) in [6.45, 7) is 0. The summed E-state index contributed by atoms with van der Waals surface area (Å²) in [5.41, 5.74) is 6.13. The van der Waals surface area contributed by atoms with Crippen LogP contribution in [0.2, 0.25) is 0 Å². The van der Waals surface area contributed by atoms with Crippen molar-refractivity contribution in [2.75, 3.05) is 5.32 Å². The molecule has 2 aromatic rings. The van der Waals surface area contributed by atoms with E-state index in [1.165, 1.54) is 35.3 Å². The van der Waals surface area contributed by atoms with Gasteiger partial charge in [0.2, 0.25) is 5.91 Å². The number of carbonyl (C=O) groups is 2. The molecule has 3 rings (SSSR count). The van der Waals surface area contributed by atoms with Gasteiger partial charge >= 0.3 is 6.36 Å². The Balaban J connectivity index is 1.98. The molecule has 2 amide bonds. The number of amides is 2. The fraction of sp³-hybridized carbons (Fsp3) is 0.0667. The minimum Gasteiger partial charge on any atom is -0.406 e. The van der Waals surface area contributed by atoms with Crippen LogP contribution >= 0.6 is 0 Å². The summed E-state index contributed by atoms with van der Waals surface area (Å²) in [5.74, 6) is -1.55. The molecular formula is C15H10F3N3O3. The smallest absolute Gasteiger partial charge is 0.406 e. The van der Waals surface area contributed by atoms with Crippen molar-refractivity contribution in [3.8, 4) is 5.75 Å². The third kappa shape index (κ3) is 3.09. The van der Waals surface area contributed by atoms with Crippen molar-refractivity contribution in [2.45, 2.75) is 6.36 Å². The Morgan fingerprint density at radius 3 is 2.67 bits per heavy atom. The first-order valence-electron chi connectivity index (χ1n) is 6.63. The fourth-order valence-electron chi connectivity index (χ4n) is 2.28. The van der Waals surface area contributed by atoms with Crippen LogP contribution in [0.1, 0.15) is 15.9 Å². The predicted octanol–water partition coefficient (Wildman–Crippen LogP) is 2.44. The number of primary amides is 1. The molecule has 1 aromatic carbocycles. The molecule has 1 aliphatic rings. The van der Waals surface area contributed by atoms with E-state index >= 15 is 0 Å². The summed E-state index contributed by atoms with van der Waals surface area (Å²) >= 11 is 0. The van der Waals surface area contributed by atoms with Gasteiger partial charge in [0.1, 0.15) is 5.75 Å². The number of alkyl halides is 3. The molecule has 0 unspecified atom stereocenters. The van der Waals surface area contributed by atoms with Gasteiger partial charge in [-0.15, -0.1) is 13.2 Å². The molecule has 0 spiro atoms. The van der Waals surface area contributed by atoms with E-state index in [1.54, 1.807) is 0 Å². The highest BCUT2D eigenvalue weighted by atomic mass is 19.4. The lowest BCUT2D eigenvalue weighted by Gasteiger charge is -2.09. The van der Waals surface area contributed by atoms with Gasteiger partial charge in [-0.05, 0) is 24.3 Å². The first-order valence-corrected chi connectivity index (χ1v) is 6.63. The lowest BCUT2D eigenvalue weighted by atomic mass is 10.1. The van der Waals surface area contributed by atoms with Gasteiger partial charge in [-0.3, -0.25) is 9.59 Å². The van der Waals surface area contributed by atoms with Crippen molar-refractivity contribution < 1.29 is 27.5 Å². The topological polar surface area (TPSA) is 86.4 Å². The van der Waals surface area contributed by atoms with Crippen molar-refractivity contribution in [1.82, 2.24) is 4.57 Å². The second-order valence-corrected chi connectivity index (χ2v) is 4.96. The Bertz CT molecular complexity index is 868. The van der Waals surface area contributed by atoms with E-state index in [9.17, 15) is 22.8 Å². The molecule has 24 heavy (non-hydrogen) atoms. The first-order chi connectivity index (χ1) is 11.2. The number of benzene rings is 1. The Hall–Kier alpha value is -3.23. The number of nitrogens with one attached hydrogen (secondary N) is 1. The number of anilines is 1. The third-order valence-corrected chi connectivity index (χ3v) is 3.28. The summed E-state index contributed by atoms with van der Waals surface area (Å²) < 4.78 is 42.3. The molecule has 0 bridgehead atoms. The highest BCUT2D eigenvalue weighted by molar-refractivity contribution is 6.34. The predicted molar refractivity (Wildman–Crippen MR) is 78.9 cm³/mol. The number of halogens is 3. The standard InChI is InChI=1S/C15H10F3N3O3/c16-15(17,18)24-9-1-2-12-10(5-9)11(14(23)20-12)7-21-4-3-8(6-21)13(19)22/h1-7H,(H2,19,22)(H,20,23)/b11-7-. The minimum atomic E-state index is -4.83. The van der Waals surface area contributed by atoms with E-state index in [0.717, 1.165) is 12.1 Å². The maximum atomic E-state index is 12.3. The zero-order valence-corrected chi connectivity index (χ0v) is 11.9. The Morgan fingerprint density at radius 1 is 1.29 bits per heavy atom. The maximum absolute atomic E-state index is 12.3. The Morgan fingerprint density at radius 2 is 2.04 bits per heavy atom. The van der Waals surface area contributed by atoms with Crippen LogP contribution in [-0.2, 0) is 4.79 Å². The van der Waals surface area contributed by atoms with Crippen molar-refractivity contribution in [1.29, 1.82) is 0 Å². The van der Waals surface area contributed by atoms with Crippen LogP contribution in [0.5, 0.6) is 5.75 Å². The van der Waals surface area contributed by atoms with Crippen molar-refractivity contribution in [3.63, 3.8) is 0 Å². The molecule has 1 aromatic heterocycles. The summed E-state index contributed by atoms with van der Waals surface area (Å²) in [7, 11) is 0. The van der Waals surface area contributed by atoms with Gasteiger partial charge in [0.25, 0.3) is 5.91 Å². The molecule has 1 aliphatic heterocycles. The number of hydrogen-bond acceptors (Lipinski definition) is 3. The zero-order valence-electron chi connectivity index (χ0n) is 11.9. The number of nitrogens with zero attached hydrogens (tertiary/aromatic N) is 1. The highest BCUT2D eigenvalue weighted by Crippen LogP contribution is 2.36. The number of rotatable bonds is 3. The molecule has 3 N–H and O–H groups in total. The Labute approximate surface area is 133 Å². The molecule has 2 heterocycles. The van der Waals surface area contributed by atoms with Crippen molar-refractivity contribution in [2.24, 2.45) is 5.73 Å². The van der Waals surface area contributed by atoms with Crippen LogP contribution in [0.4, 0.5) is 18.9 Å². The minimum absolute atomic E-state index is 0.129. The number of hydrogen-bond donors (Lipinski definition) is 2. The third-order valence-electron chi connectivity index (χ3n) is 3.28. The van der Waals surface area contributed by atoms with E-state index in [4.69, 9.17) is 5.73 Å². The largest absolute Gasteiger partial charge is 0.573 e. The van der Waals surface area contributed by atoms with Gasteiger partial charge < -0.3 is 20.4 Å². The number of carbonyl (C=O) groups excluding carboxylic acids is 2. The molecule has 9 heteroatoms. The highest BCUT2D eigenvalue weighted by Gasteiger charge is 2.32.